The lowest BCUT2D eigenvalue weighted by Crippen LogP contribution is -2.18. The number of aromatic hydroxyl groups is 1. The van der Waals surface area contributed by atoms with Gasteiger partial charge in [0.25, 0.3) is 0 Å². The minimum absolute atomic E-state index is 0.289. The van der Waals surface area contributed by atoms with Gasteiger partial charge in [0.05, 0.1) is 7.11 Å². The summed E-state index contributed by atoms with van der Waals surface area (Å²) in [5.74, 6) is 1.69. The lowest BCUT2D eigenvalue weighted by atomic mass is 9.92. The molecule has 0 unspecified atom stereocenters. The number of ether oxygens (including phenoxy) is 1. The zero-order valence-corrected chi connectivity index (χ0v) is 12.6. The Morgan fingerprint density at radius 3 is 2.53 bits per heavy atom. The van der Waals surface area contributed by atoms with Crippen molar-refractivity contribution < 1.29 is 9.84 Å². The number of methoxy groups -OCH3 is 1. The first-order valence-corrected chi connectivity index (χ1v) is 7.06. The average Bonchev–Trinajstić information content (AvgIpc) is 2.35. The number of phenolic OH excluding ortho intramolecular Hbond substituents is 1. The summed E-state index contributed by atoms with van der Waals surface area (Å²) in [5, 5.41) is 9.70. The highest BCUT2D eigenvalue weighted by atomic mass is 16.5. The molecule has 0 saturated carbocycles. The molecular weight excluding hydrogens is 238 g/mol. The molecule has 0 aliphatic heterocycles. The molecule has 1 rings (SSSR count). The van der Waals surface area contributed by atoms with E-state index < -0.39 is 0 Å². The molecule has 3 heteroatoms. The highest BCUT2D eigenvalue weighted by molar-refractivity contribution is 5.37. The van der Waals surface area contributed by atoms with Gasteiger partial charge in [-0.25, -0.2) is 0 Å². The van der Waals surface area contributed by atoms with E-state index in [9.17, 15) is 5.11 Å². The number of rotatable bonds is 8. The molecule has 0 heterocycles. The van der Waals surface area contributed by atoms with Gasteiger partial charge in [-0.15, -0.1) is 0 Å². The SMILES string of the molecule is CCC[C@H](CCN(C)C)Cc1cc(O)cc(OC)c1. The summed E-state index contributed by atoms with van der Waals surface area (Å²) in [6.07, 6.45) is 4.63. The van der Waals surface area contributed by atoms with Crippen LogP contribution in [0.25, 0.3) is 0 Å². The maximum atomic E-state index is 9.70. The third kappa shape index (κ3) is 5.97. The molecule has 0 spiro atoms. The topological polar surface area (TPSA) is 32.7 Å². The molecule has 3 nitrogen and oxygen atoms in total. The van der Waals surface area contributed by atoms with Crippen LogP contribution < -0.4 is 4.74 Å². The zero-order valence-electron chi connectivity index (χ0n) is 12.6. The van der Waals surface area contributed by atoms with Crippen molar-refractivity contribution in [1.29, 1.82) is 0 Å². The molecule has 0 aliphatic rings. The van der Waals surface area contributed by atoms with Crippen LogP contribution in [0.3, 0.4) is 0 Å². The second-order valence-corrected chi connectivity index (χ2v) is 5.49. The van der Waals surface area contributed by atoms with Crippen molar-refractivity contribution in [3.8, 4) is 11.5 Å². The van der Waals surface area contributed by atoms with Gasteiger partial charge >= 0.3 is 0 Å². The highest BCUT2D eigenvalue weighted by Gasteiger charge is 2.11. The van der Waals surface area contributed by atoms with Crippen LogP contribution in [0.2, 0.25) is 0 Å². The van der Waals surface area contributed by atoms with Crippen LogP contribution >= 0.6 is 0 Å². The van der Waals surface area contributed by atoms with E-state index in [0.717, 1.165) is 24.3 Å². The Kier molecular flexibility index (Phi) is 6.71. The Morgan fingerprint density at radius 1 is 1.21 bits per heavy atom. The van der Waals surface area contributed by atoms with Crippen molar-refractivity contribution in [2.45, 2.75) is 32.6 Å². The second-order valence-electron chi connectivity index (χ2n) is 5.49. The lowest BCUT2D eigenvalue weighted by molar-refractivity contribution is 0.335. The van der Waals surface area contributed by atoms with Crippen LogP contribution in [0.1, 0.15) is 31.7 Å². The van der Waals surface area contributed by atoms with Crippen molar-refractivity contribution in [3.05, 3.63) is 23.8 Å². The predicted octanol–water partition coefficient (Wildman–Crippen LogP) is 3.31. The van der Waals surface area contributed by atoms with Gasteiger partial charge in [0.1, 0.15) is 11.5 Å². The molecular formula is C16H27NO2. The zero-order chi connectivity index (χ0) is 14.3. The molecule has 0 saturated heterocycles. The van der Waals surface area contributed by atoms with E-state index in [1.807, 2.05) is 12.1 Å². The van der Waals surface area contributed by atoms with Crippen LogP contribution in [0.5, 0.6) is 11.5 Å². The molecule has 0 bridgehead atoms. The summed E-state index contributed by atoms with van der Waals surface area (Å²) >= 11 is 0. The molecule has 19 heavy (non-hydrogen) atoms. The first kappa shape index (κ1) is 15.8. The molecule has 0 aromatic heterocycles. The van der Waals surface area contributed by atoms with Crippen LogP contribution in [0.15, 0.2) is 18.2 Å². The third-order valence-electron chi connectivity index (χ3n) is 3.39. The minimum Gasteiger partial charge on any atom is -0.508 e. The summed E-state index contributed by atoms with van der Waals surface area (Å²) in [5.41, 5.74) is 1.16. The molecule has 1 atom stereocenters. The van der Waals surface area contributed by atoms with Crippen molar-refractivity contribution in [3.63, 3.8) is 0 Å². The maximum Gasteiger partial charge on any atom is 0.122 e. The fraction of sp³-hybridized carbons (Fsp3) is 0.625. The maximum absolute atomic E-state index is 9.70. The van der Waals surface area contributed by atoms with Gasteiger partial charge < -0.3 is 14.7 Å². The van der Waals surface area contributed by atoms with E-state index in [-0.39, 0.29) is 5.75 Å². The smallest absolute Gasteiger partial charge is 0.122 e. The molecule has 0 fully saturated rings. The summed E-state index contributed by atoms with van der Waals surface area (Å²) in [6, 6.07) is 5.52. The Hall–Kier alpha value is -1.22. The molecule has 1 aromatic rings. The molecule has 0 aliphatic carbocycles. The van der Waals surface area contributed by atoms with Crippen molar-refractivity contribution in [2.24, 2.45) is 5.92 Å². The Morgan fingerprint density at radius 2 is 1.95 bits per heavy atom. The number of hydrogen-bond acceptors (Lipinski definition) is 3. The van der Waals surface area contributed by atoms with Gasteiger partial charge in [0, 0.05) is 6.07 Å². The second kappa shape index (κ2) is 8.05. The summed E-state index contributed by atoms with van der Waals surface area (Å²) in [6.45, 7) is 3.34. The Bertz CT molecular complexity index is 377. The van der Waals surface area contributed by atoms with Gasteiger partial charge in [-0.1, -0.05) is 19.8 Å². The van der Waals surface area contributed by atoms with E-state index >= 15 is 0 Å². The molecule has 1 N–H and O–H groups in total. The van der Waals surface area contributed by atoms with Crippen molar-refractivity contribution in [1.82, 2.24) is 4.90 Å². The van der Waals surface area contributed by atoms with E-state index in [1.54, 1.807) is 13.2 Å². The fourth-order valence-electron chi connectivity index (χ4n) is 2.41. The van der Waals surface area contributed by atoms with Gasteiger partial charge in [-0.2, -0.15) is 0 Å². The van der Waals surface area contributed by atoms with Gasteiger partial charge in [-0.05, 0) is 57.1 Å². The number of phenols is 1. The quantitative estimate of drug-likeness (QED) is 0.782. The number of nitrogens with zero attached hydrogens (tertiary/aromatic N) is 1. The van der Waals surface area contributed by atoms with Crippen molar-refractivity contribution >= 4 is 0 Å². The average molecular weight is 265 g/mol. The first-order chi connectivity index (χ1) is 9.05. The van der Waals surface area contributed by atoms with Crippen LogP contribution in [0, 0.1) is 5.92 Å². The molecule has 1 aromatic carbocycles. The largest absolute Gasteiger partial charge is 0.508 e. The molecule has 0 amide bonds. The van der Waals surface area contributed by atoms with E-state index in [2.05, 4.69) is 25.9 Å². The minimum atomic E-state index is 0.289. The fourth-order valence-corrected chi connectivity index (χ4v) is 2.41. The van der Waals surface area contributed by atoms with Gasteiger partial charge in [0.2, 0.25) is 0 Å². The standard InChI is InChI=1S/C16H27NO2/c1-5-6-13(7-8-17(2)3)9-14-10-15(18)12-16(11-14)19-4/h10-13,18H,5-9H2,1-4H3/t13-/m1/s1. The predicted molar refractivity (Wildman–Crippen MR) is 79.9 cm³/mol. The van der Waals surface area contributed by atoms with Crippen LogP contribution in [0.4, 0.5) is 0 Å². The van der Waals surface area contributed by atoms with E-state index in [1.165, 1.54) is 19.3 Å². The normalized spacial score (nSPS) is 12.7. The number of hydrogen-bond donors (Lipinski definition) is 1. The summed E-state index contributed by atoms with van der Waals surface area (Å²) < 4.78 is 5.21. The highest BCUT2D eigenvalue weighted by Crippen LogP contribution is 2.25. The van der Waals surface area contributed by atoms with Crippen molar-refractivity contribution in [2.75, 3.05) is 27.7 Å². The Labute approximate surface area is 117 Å². The van der Waals surface area contributed by atoms with Gasteiger partial charge in [-0.3, -0.25) is 0 Å². The molecule has 0 radical (unpaired) electrons. The van der Waals surface area contributed by atoms with Crippen LogP contribution in [-0.2, 0) is 6.42 Å². The van der Waals surface area contributed by atoms with Gasteiger partial charge in [0.15, 0.2) is 0 Å². The first-order valence-electron chi connectivity index (χ1n) is 7.06. The lowest BCUT2D eigenvalue weighted by Gasteiger charge is -2.19. The van der Waals surface area contributed by atoms with Crippen LogP contribution in [-0.4, -0.2) is 37.8 Å². The monoisotopic (exact) mass is 265 g/mol. The third-order valence-corrected chi connectivity index (χ3v) is 3.39. The molecule has 108 valence electrons. The van der Waals surface area contributed by atoms with E-state index in [0.29, 0.717) is 5.92 Å². The number of benzene rings is 1. The van der Waals surface area contributed by atoms with E-state index in [4.69, 9.17) is 4.74 Å². The summed E-state index contributed by atoms with van der Waals surface area (Å²) in [7, 11) is 5.86. The Balaban J connectivity index is 2.69. The summed E-state index contributed by atoms with van der Waals surface area (Å²) in [4.78, 5) is 2.23.